The van der Waals surface area contributed by atoms with Crippen LogP contribution >= 0.6 is 38.1 Å². The number of carboxylic acid groups (broad SMARTS) is 1. The average Bonchev–Trinajstić information content (AvgIpc) is 2.04. The fourth-order valence-electron chi connectivity index (χ4n) is 0.759. The van der Waals surface area contributed by atoms with Crippen molar-refractivity contribution in [3.63, 3.8) is 0 Å². The molecular weight excluding hydrogens is 358 g/mol. The van der Waals surface area contributed by atoms with Gasteiger partial charge in [0, 0.05) is 0 Å². The molecule has 0 spiro atoms. The van der Waals surface area contributed by atoms with E-state index >= 15 is 0 Å². The number of hydrogen-bond donors (Lipinski definition) is 1. The molecule has 0 amide bonds. The molecule has 5 heteroatoms. The Morgan fingerprint density at radius 1 is 1.50 bits per heavy atom. The third-order valence-electron chi connectivity index (χ3n) is 1.26. The van der Waals surface area contributed by atoms with Crippen molar-refractivity contribution in [1.82, 2.24) is 0 Å². The Labute approximate surface area is 86.8 Å². The van der Waals surface area contributed by atoms with Crippen molar-refractivity contribution in [1.29, 1.82) is 0 Å². The van der Waals surface area contributed by atoms with Crippen LogP contribution in [0.1, 0.15) is 10.4 Å². The number of hydrogen-bond acceptors (Lipinski definition) is 1. The molecule has 1 N–H and O–H groups in total. The zero-order chi connectivity index (χ0) is 9.14. The first-order valence-electron chi connectivity index (χ1n) is 2.98. The number of halogens is 3. The van der Waals surface area contributed by atoms with Gasteiger partial charge < -0.3 is 0 Å². The summed E-state index contributed by atoms with van der Waals surface area (Å²) in [6, 6.07) is 6.79. The van der Waals surface area contributed by atoms with E-state index in [9.17, 15) is 4.79 Å². The quantitative estimate of drug-likeness (QED) is 0.817. The number of benzene rings is 1. The van der Waals surface area contributed by atoms with E-state index in [0.717, 1.165) is 3.57 Å². The Hall–Kier alpha value is 0.190. The summed E-state index contributed by atoms with van der Waals surface area (Å²) in [7, 11) is 5.86. The molecule has 0 aliphatic carbocycles. The van der Waals surface area contributed by atoms with Crippen LogP contribution in [0.15, 0.2) is 24.3 Å². The molecule has 0 bridgehead atoms. The first-order chi connectivity index (χ1) is 5.63. The topological polar surface area (TPSA) is 37.3 Å². The fraction of sp³-hybridized carbons (Fsp3) is 0. The molecule has 0 unspecified atom stereocenters. The van der Waals surface area contributed by atoms with Gasteiger partial charge in [0.25, 0.3) is 0 Å². The molecule has 1 rings (SSSR count). The van der Waals surface area contributed by atoms with Crippen LogP contribution < -0.4 is 0 Å². The van der Waals surface area contributed by atoms with E-state index < -0.39 is 22.4 Å². The van der Waals surface area contributed by atoms with Gasteiger partial charge in [-0.2, -0.15) is 0 Å². The monoisotopic (exact) mass is 362 g/mol. The van der Waals surface area contributed by atoms with E-state index in [0.29, 0.717) is 5.56 Å². The van der Waals surface area contributed by atoms with Crippen LogP contribution in [0.4, 0.5) is 0 Å². The second-order valence-corrected chi connectivity index (χ2v) is 12.5. The Morgan fingerprint density at radius 3 is 2.50 bits per heavy atom. The summed E-state index contributed by atoms with van der Waals surface area (Å²) in [5, 5.41) is 8.76. The number of carbonyl (C=O) groups is 1. The molecule has 1 aromatic rings. The molecule has 1 aromatic carbocycles. The molecule has 0 aliphatic heterocycles. The van der Waals surface area contributed by atoms with Gasteiger partial charge in [-0.05, 0) is 0 Å². The molecule has 0 heterocycles. The summed E-state index contributed by atoms with van der Waals surface area (Å²) in [4.78, 5) is 10.7. The van der Waals surface area contributed by atoms with E-state index in [1.165, 1.54) is 0 Å². The van der Waals surface area contributed by atoms with Crippen molar-refractivity contribution in [2.24, 2.45) is 0 Å². The van der Waals surface area contributed by atoms with Crippen molar-refractivity contribution < 1.29 is 9.90 Å². The van der Waals surface area contributed by atoms with Crippen LogP contribution in [-0.4, -0.2) is 11.1 Å². The van der Waals surface area contributed by atoms with Gasteiger partial charge in [-0.15, -0.1) is 0 Å². The van der Waals surface area contributed by atoms with Crippen LogP contribution in [0.2, 0.25) is 0 Å². The Morgan fingerprint density at radius 2 is 2.08 bits per heavy atom. The van der Waals surface area contributed by atoms with Gasteiger partial charge in [-0.1, -0.05) is 0 Å². The van der Waals surface area contributed by atoms with E-state index in [2.05, 4.69) is 12.7 Å². The molecule has 0 saturated carbocycles. The van der Waals surface area contributed by atoms with Gasteiger partial charge in [0.05, 0.1) is 0 Å². The maximum atomic E-state index is 10.7. The van der Waals surface area contributed by atoms with E-state index in [1.54, 1.807) is 24.3 Å². The van der Waals surface area contributed by atoms with Gasteiger partial charge in [-0.25, -0.2) is 0 Å². The van der Waals surface area contributed by atoms with Crippen molar-refractivity contribution >= 4 is 44.0 Å². The van der Waals surface area contributed by atoms with Crippen LogP contribution in [0.25, 0.3) is 0 Å². The standard InChI is InChI=1S/C7H5BrClIO2/c8-10(9)6-4-2-1-3-5(6)7(11)12/h1-4H,(H,11,12). The van der Waals surface area contributed by atoms with Crippen molar-refractivity contribution in [2.45, 2.75) is 0 Å². The summed E-state index contributed by atoms with van der Waals surface area (Å²) < 4.78 is 0.732. The minimum atomic E-state index is -1.88. The van der Waals surface area contributed by atoms with E-state index in [4.69, 9.17) is 14.0 Å². The summed E-state index contributed by atoms with van der Waals surface area (Å²) in [6.07, 6.45) is 0. The summed E-state index contributed by atoms with van der Waals surface area (Å²) in [5.41, 5.74) is 0.301. The van der Waals surface area contributed by atoms with Crippen molar-refractivity contribution in [3.05, 3.63) is 33.4 Å². The molecule has 66 valence electrons. The second-order valence-electron chi connectivity index (χ2n) is 1.98. The van der Waals surface area contributed by atoms with Gasteiger partial charge in [0.1, 0.15) is 0 Å². The Kier molecular flexibility index (Phi) is 3.79. The Balaban J connectivity index is 3.17. The number of carboxylic acids is 1. The third-order valence-corrected chi connectivity index (χ3v) is 6.28. The van der Waals surface area contributed by atoms with Crippen LogP contribution in [0.5, 0.6) is 0 Å². The molecule has 0 radical (unpaired) electrons. The molecule has 2 nitrogen and oxygen atoms in total. The average molecular weight is 363 g/mol. The first kappa shape index (κ1) is 10.3. The molecular formula is C7H5BrClIO2. The molecule has 0 fully saturated rings. The fourth-order valence-corrected chi connectivity index (χ4v) is 4.68. The predicted octanol–water partition coefficient (Wildman–Crippen LogP) is 3.52. The summed E-state index contributed by atoms with van der Waals surface area (Å²) >= 11 is 1.38. The Bertz CT molecular complexity index is 303. The van der Waals surface area contributed by atoms with E-state index in [-0.39, 0.29) is 0 Å². The molecule has 0 aromatic heterocycles. The zero-order valence-electron chi connectivity index (χ0n) is 5.80. The zero-order valence-corrected chi connectivity index (χ0v) is 10.3. The van der Waals surface area contributed by atoms with Gasteiger partial charge in [-0.3, -0.25) is 0 Å². The minimum absolute atomic E-state index is 0.301. The SMILES string of the molecule is O=C(O)c1ccccc1I(Cl)Br. The molecule has 0 atom stereocenters. The van der Waals surface area contributed by atoms with Gasteiger partial charge in [0.2, 0.25) is 0 Å². The maximum absolute atomic E-state index is 10.7. The van der Waals surface area contributed by atoms with E-state index in [1.807, 2.05) is 0 Å². The predicted molar refractivity (Wildman–Crippen MR) is 60.9 cm³/mol. The van der Waals surface area contributed by atoms with Crippen LogP contribution in [0, 0.1) is 3.57 Å². The summed E-state index contributed by atoms with van der Waals surface area (Å²) in [6.45, 7) is 0. The molecule has 0 saturated heterocycles. The normalized spacial score (nSPS) is 11.0. The molecule has 12 heavy (non-hydrogen) atoms. The van der Waals surface area contributed by atoms with Crippen LogP contribution in [-0.2, 0) is 0 Å². The molecule has 0 aliphatic rings. The van der Waals surface area contributed by atoms with Crippen LogP contribution in [0.3, 0.4) is 0 Å². The van der Waals surface area contributed by atoms with Crippen molar-refractivity contribution in [2.75, 3.05) is 0 Å². The first-order valence-corrected chi connectivity index (χ1v) is 11.6. The van der Waals surface area contributed by atoms with Gasteiger partial charge >= 0.3 is 87.3 Å². The van der Waals surface area contributed by atoms with Gasteiger partial charge in [0.15, 0.2) is 0 Å². The number of rotatable bonds is 2. The number of aromatic carboxylic acids is 1. The second kappa shape index (κ2) is 4.43. The van der Waals surface area contributed by atoms with Crippen molar-refractivity contribution in [3.8, 4) is 0 Å². The third kappa shape index (κ3) is 2.34. The summed E-state index contributed by atoms with van der Waals surface area (Å²) in [5.74, 6) is -0.923.